The van der Waals surface area contributed by atoms with E-state index in [4.69, 9.17) is 5.73 Å². The average molecular weight is 252 g/mol. The highest BCUT2D eigenvalue weighted by Crippen LogP contribution is 2.11. The van der Waals surface area contributed by atoms with Crippen LogP contribution in [0, 0.1) is 17.7 Å². The van der Waals surface area contributed by atoms with Crippen molar-refractivity contribution in [2.24, 2.45) is 17.6 Å². The van der Waals surface area contributed by atoms with Crippen LogP contribution in [0.3, 0.4) is 0 Å². The van der Waals surface area contributed by atoms with E-state index in [1.54, 1.807) is 18.2 Å². The van der Waals surface area contributed by atoms with E-state index in [1.165, 1.54) is 6.07 Å². The summed E-state index contributed by atoms with van der Waals surface area (Å²) in [7, 11) is 0. The van der Waals surface area contributed by atoms with Crippen molar-refractivity contribution in [2.45, 2.75) is 26.8 Å². The molecule has 18 heavy (non-hydrogen) atoms. The summed E-state index contributed by atoms with van der Waals surface area (Å²) in [4.78, 5) is 11.9. The predicted octanol–water partition coefficient (Wildman–Crippen LogP) is 2.06. The summed E-state index contributed by atoms with van der Waals surface area (Å²) < 4.78 is 13.4. The van der Waals surface area contributed by atoms with Gasteiger partial charge in [0.05, 0.1) is 5.92 Å². The third-order valence-corrected chi connectivity index (χ3v) is 2.82. The topological polar surface area (TPSA) is 55.1 Å². The van der Waals surface area contributed by atoms with Crippen molar-refractivity contribution in [3.05, 3.63) is 35.6 Å². The molecule has 0 aromatic heterocycles. The first-order chi connectivity index (χ1) is 8.54. The summed E-state index contributed by atoms with van der Waals surface area (Å²) in [5, 5.41) is 2.74. The summed E-state index contributed by atoms with van der Waals surface area (Å²) in [5.41, 5.74) is 6.08. The minimum Gasteiger partial charge on any atom is -0.352 e. The Hall–Kier alpha value is -1.42. The number of benzene rings is 1. The Morgan fingerprint density at radius 3 is 2.61 bits per heavy atom. The van der Waals surface area contributed by atoms with Crippen molar-refractivity contribution >= 4 is 5.91 Å². The Kier molecular flexibility index (Phi) is 5.78. The molecule has 1 aromatic rings. The van der Waals surface area contributed by atoms with Gasteiger partial charge in [0.25, 0.3) is 0 Å². The first-order valence-electron chi connectivity index (χ1n) is 6.25. The van der Waals surface area contributed by atoms with Crippen LogP contribution in [0.4, 0.5) is 4.39 Å². The van der Waals surface area contributed by atoms with Crippen molar-refractivity contribution in [3.63, 3.8) is 0 Å². The van der Waals surface area contributed by atoms with Gasteiger partial charge >= 0.3 is 0 Å². The van der Waals surface area contributed by atoms with Gasteiger partial charge in [0.1, 0.15) is 5.82 Å². The molecule has 0 heterocycles. The van der Waals surface area contributed by atoms with E-state index >= 15 is 0 Å². The third kappa shape index (κ3) is 4.45. The van der Waals surface area contributed by atoms with Gasteiger partial charge in [-0.3, -0.25) is 4.79 Å². The lowest BCUT2D eigenvalue weighted by Crippen LogP contribution is -2.35. The van der Waals surface area contributed by atoms with E-state index in [-0.39, 0.29) is 24.2 Å². The average Bonchev–Trinajstić information content (AvgIpc) is 2.34. The van der Waals surface area contributed by atoms with Crippen LogP contribution in [0.2, 0.25) is 0 Å². The second-order valence-corrected chi connectivity index (χ2v) is 4.87. The fourth-order valence-electron chi connectivity index (χ4n) is 1.85. The molecule has 3 N–H and O–H groups in total. The number of amides is 1. The zero-order valence-corrected chi connectivity index (χ0v) is 10.9. The van der Waals surface area contributed by atoms with Gasteiger partial charge in [0, 0.05) is 18.7 Å². The van der Waals surface area contributed by atoms with Gasteiger partial charge < -0.3 is 11.1 Å². The number of nitrogens with one attached hydrogen (secondary N) is 1. The SMILES string of the molecule is CC(C)CC(CN)C(=O)NCc1ccccc1F. The minimum atomic E-state index is -0.300. The Morgan fingerprint density at radius 2 is 2.06 bits per heavy atom. The number of hydrogen-bond acceptors (Lipinski definition) is 2. The van der Waals surface area contributed by atoms with E-state index in [1.807, 2.05) is 13.8 Å². The Balaban J connectivity index is 2.52. The van der Waals surface area contributed by atoms with Crippen molar-refractivity contribution in [1.29, 1.82) is 0 Å². The van der Waals surface area contributed by atoms with Gasteiger partial charge in [-0.25, -0.2) is 4.39 Å². The van der Waals surface area contributed by atoms with Crippen LogP contribution in [0.1, 0.15) is 25.8 Å². The van der Waals surface area contributed by atoms with Gasteiger partial charge in [0.15, 0.2) is 0 Å². The quantitative estimate of drug-likeness (QED) is 0.814. The number of carbonyl (C=O) groups is 1. The molecule has 1 amide bonds. The minimum absolute atomic E-state index is 0.102. The first kappa shape index (κ1) is 14.6. The highest BCUT2D eigenvalue weighted by Gasteiger charge is 2.17. The second kappa shape index (κ2) is 7.11. The molecule has 1 rings (SSSR count). The Labute approximate surface area is 108 Å². The van der Waals surface area contributed by atoms with Crippen LogP contribution in [0.5, 0.6) is 0 Å². The molecule has 0 aliphatic rings. The molecule has 4 heteroatoms. The molecular formula is C14H21FN2O. The smallest absolute Gasteiger partial charge is 0.224 e. The lowest BCUT2D eigenvalue weighted by molar-refractivity contribution is -0.125. The van der Waals surface area contributed by atoms with Crippen LogP contribution in [-0.4, -0.2) is 12.5 Å². The molecule has 0 saturated carbocycles. The standard InChI is InChI=1S/C14H21FN2O/c1-10(2)7-12(8-16)14(18)17-9-11-5-3-4-6-13(11)15/h3-6,10,12H,7-9,16H2,1-2H3,(H,17,18). The van der Waals surface area contributed by atoms with Gasteiger partial charge in [-0.05, 0) is 18.4 Å². The van der Waals surface area contributed by atoms with E-state index in [2.05, 4.69) is 5.32 Å². The molecule has 0 aliphatic heterocycles. The van der Waals surface area contributed by atoms with Crippen molar-refractivity contribution in [2.75, 3.05) is 6.54 Å². The van der Waals surface area contributed by atoms with Crippen molar-refractivity contribution < 1.29 is 9.18 Å². The van der Waals surface area contributed by atoms with Crippen LogP contribution >= 0.6 is 0 Å². The summed E-state index contributed by atoms with van der Waals surface area (Å²) in [6.07, 6.45) is 0.750. The zero-order chi connectivity index (χ0) is 13.5. The molecule has 0 bridgehead atoms. The van der Waals surface area contributed by atoms with Gasteiger partial charge in [-0.1, -0.05) is 32.0 Å². The maximum Gasteiger partial charge on any atom is 0.224 e. The highest BCUT2D eigenvalue weighted by molar-refractivity contribution is 5.78. The van der Waals surface area contributed by atoms with Crippen LogP contribution in [-0.2, 0) is 11.3 Å². The van der Waals surface area contributed by atoms with Crippen molar-refractivity contribution in [1.82, 2.24) is 5.32 Å². The van der Waals surface area contributed by atoms with Gasteiger partial charge in [0.2, 0.25) is 5.91 Å². The van der Waals surface area contributed by atoms with E-state index in [9.17, 15) is 9.18 Å². The molecule has 0 saturated heterocycles. The predicted molar refractivity (Wildman–Crippen MR) is 70.2 cm³/mol. The largest absolute Gasteiger partial charge is 0.352 e. The molecule has 1 atom stereocenters. The van der Waals surface area contributed by atoms with Gasteiger partial charge in [-0.2, -0.15) is 0 Å². The lowest BCUT2D eigenvalue weighted by Gasteiger charge is -2.16. The lowest BCUT2D eigenvalue weighted by atomic mass is 9.96. The maximum atomic E-state index is 13.4. The molecule has 100 valence electrons. The number of nitrogens with two attached hydrogens (primary N) is 1. The van der Waals surface area contributed by atoms with E-state index in [0.29, 0.717) is 18.0 Å². The maximum absolute atomic E-state index is 13.4. The molecule has 3 nitrogen and oxygen atoms in total. The normalized spacial score (nSPS) is 12.5. The van der Waals surface area contributed by atoms with Crippen LogP contribution in [0.15, 0.2) is 24.3 Å². The molecule has 0 radical (unpaired) electrons. The number of carbonyl (C=O) groups excluding carboxylic acids is 1. The zero-order valence-electron chi connectivity index (χ0n) is 10.9. The van der Waals surface area contributed by atoms with E-state index < -0.39 is 0 Å². The summed E-state index contributed by atoms with van der Waals surface area (Å²) in [6, 6.07) is 6.42. The Bertz CT molecular complexity index is 393. The van der Waals surface area contributed by atoms with Crippen LogP contribution < -0.4 is 11.1 Å². The monoisotopic (exact) mass is 252 g/mol. The van der Waals surface area contributed by atoms with Gasteiger partial charge in [-0.15, -0.1) is 0 Å². The summed E-state index contributed by atoms with van der Waals surface area (Å²) in [5.74, 6) is -0.185. The fraction of sp³-hybridized carbons (Fsp3) is 0.500. The molecular weight excluding hydrogens is 231 g/mol. The summed E-state index contributed by atoms with van der Waals surface area (Å²) in [6.45, 7) is 4.63. The summed E-state index contributed by atoms with van der Waals surface area (Å²) >= 11 is 0. The molecule has 0 aliphatic carbocycles. The highest BCUT2D eigenvalue weighted by atomic mass is 19.1. The molecule has 0 fully saturated rings. The molecule has 1 unspecified atom stereocenters. The Morgan fingerprint density at radius 1 is 1.39 bits per heavy atom. The number of hydrogen-bond donors (Lipinski definition) is 2. The number of rotatable bonds is 6. The molecule has 1 aromatic carbocycles. The number of halogens is 1. The van der Waals surface area contributed by atoms with Crippen LogP contribution in [0.25, 0.3) is 0 Å². The second-order valence-electron chi connectivity index (χ2n) is 4.87. The molecule has 0 spiro atoms. The van der Waals surface area contributed by atoms with E-state index in [0.717, 1.165) is 6.42 Å². The fourth-order valence-corrected chi connectivity index (χ4v) is 1.85. The van der Waals surface area contributed by atoms with Crippen molar-refractivity contribution in [3.8, 4) is 0 Å². The first-order valence-corrected chi connectivity index (χ1v) is 6.25. The third-order valence-electron chi connectivity index (χ3n) is 2.82.